The van der Waals surface area contributed by atoms with Crippen molar-refractivity contribution in [2.45, 2.75) is 18.4 Å². The Bertz CT molecular complexity index is 1530. The van der Waals surface area contributed by atoms with E-state index in [1.165, 1.54) is 0 Å². The van der Waals surface area contributed by atoms with Crippen LogP contribution in [0.15, 0.2) is 92.3 Å². The quantitative estimate of drug-likeness (QED) is 0.281. The van der Waals surface area contributed by atoms with Crippen LogP contribution < -0.4 is 4.74 Å². The number of aryl methyl sites for hydroxylation is 1. The third kappa shape index (κ3) is 4.32. The number of allylic oxidation sites excluding steroid dienone is 2. The number of ether oxygens (including phenoxy) is 1. The van der Waals surface area contributed by atoms with Gasteiger partial charge in [-0.1, -0.05) is 34.0 Å². The van der Waals surface area contributed by atoms with Crippen molar-refractivity contribution >= 4 is 35.6 Å². The molecule has 0 atom stereocenters. The van der Waals surface area contributed by atoms with E-state index in [1.54, 1.807) is 30.1 Å². The molecule has 0 aliphatic carbocycles. The number of carbonyl (C=O) groups excluding carboxylic acids is 1. The van der Waals surface area contributed by atoms with Crippen molar-refractivity contribution in [2.75, 3.05) is 7.11 Å². The Morgan fingerprint density at radius 2 is 2.08 bits per heavy atom. The number of rotatable bonds is 7. The first-order valence-corrected chi connectivity index (χ1v) is 11.9. The van der Waals surface area contributed by atoms with Crippen molar-refractivity contribution in [2.24, 2.45) is 22.1 Å². The highest BCUT2D eigenvalue weighted by atomic mass is 32.2. The molecule has 0 saturated carbocycles. The number of azo groups is 2. The number of amidine groups is 2. The molecule has 0 bridgehead atoms. The van der Waals surface area contributed by atoms with Crippen molar-refractivity contribution in [3.05, 3.63) is 83.5 Å². The van der Waals surface area contributed by atoms with Gasteiger partial charge in [0.05, 0.1) is 29.4 Å². The summed E-state index contributed by atoms with van der Waals surface area (Å²) in [5, 5.41) is 4.68. The van der Waals surface area contributed by atoms with Gasteiger partial charge in [0.2, 0.25) is 0 Å². The number of aliphatic imine (C=N–C) groups is 2. The number of fused-ring (bicyclic) bond motifs is 1. The van der Waals surface area contributed by atoms with Crippen molar-refractivity contribution in [1.82, 2.24) is 9.55 Å². The predicted molar refractivity (Wildman–Crippen MR) is 138 cm³/mol. The summed E-state index contributed by atoms with van der Waals surface area (Å²) < 4.78 is 18.6. The van der Waals surface area contributed by atoms with E-state index in [9.17, 15) is 9.35 Å². The molecule has 9 nitrogen and oxygen atoms in total. The van der Waals surface area contributed by atoms with E-state index in [2.05, 4.69) is 21.2 Å². The van der Waals surface area contributed by atoms with E-state index in [0.717, 1.165) is 33.8 Å². The van der Waals surface area contributed by atoms with Gasteiger partial charge < -0.3 is 13.9 Å². The molecule has 36 heavy (non-hydrogen) atoms. The number of hydrogen-bond donors (Lipinski definition) is 1. The van der Waals surface area contributed by atoms with E-state index in [-0.39, 0.29) is 5.70 Å². The number of benzene rings is 2. The maximum atomic E-state index is 11.7. The number of aromatic nitrogens is 2. The van der Waals surface area contributed by atoms with Crippen LogP contribution in [0.4, 0.5) is 0 Å². The zero-order valence-corrected chi connectivity index (χ0v) is 20.7. The van der Waals surface area contributed by atoms with Gasteiger partial charge in [-0.3, -0.25) is 4.79 Å². The fourth-order valence-corrected chi connectivity index (χ4v) is 4.59. The number of imidazole rings is 1. The monoisotopic (exact) mass is 499 g/mol. The summed E-state index contributed by atoms with van der Waals surface area (Å²) in [6, 6.07) is 13.5. The molecule has 1 aromatic heterocycles. The molecule has 0 fully saturated rings. The molecule has 2 aliphatic heterocycles. The van der Waals surface area contributed by atoms with E-state index >= 15 is 0 Å². The maximum Gasteiger partial charge on any atom is 0.297 e. The predicted octanol–water partition coefficient (Wildman–Crippen LogP) is 4.96. The van der Waals surface area contributed by atoms with Crippen LogP contribution in [0.3, 0.4) is 0 Å². The molecule has 0 saturated heterocycles. The number of aldehydes is 1. The molecule has 0 spiro atoms. The molecule has 180 valence electrons. The lowest BCUT2D eigenvalue weighted by Gasteiger charge is -2.10. The van der Waals surface area contributed by atoms with E-state index in [1.807, 2.05) is 55.1 Å². The summed E-state index contributed by atoms with van der Waals surface area (Å²) in [4.78, 5) is 26.0. The van der Waals surface area contributed by atoms with Gasteiger partial charge in [-0.15, -0.1) is 10.1 Å². The van der Waals surface area contributed by atoms with Gasteiger partial charge >= 0.3 is 0 Å². The molecule has 3 aromatic rings. The third-order valence-electron chi connectivity index (χ3n) is 5.87. The number of methoxy groups -OCH3 is 1. The van der Waals surface area contributed by atoms with Gasteiger partial charge in [-0.25, -0.2) is 4.98 Å². The van der Waals surface area contributed by atoms with Crippen LogP contribution in [0.25, 0.3) is 17.0 Å². The summed E-state index contributed by atoms with van der Waals surface area (Å²) in [6.07, 6.45) is 6.01. The van der Waals surface area contributed by atoms with Crippen molar-refractivity contribution < 1.29 is 18.8 Å². The second-order valence-corrected chi connectivity index (χ2v) is 8.81. The molecule has 2 aromatic carbocycles. The van der Waals surface area contributed by atoms with Gasteiger partial charge in [-0.2, -0.15) is 0 Å². The minimum absolute atomic E-state index is 0.259. The zero-order valence-electron chi connectivity index (χ0n) is 19.9. The highest BCUT2D eigenvalue weighted by Crippen LogP contribution is 2.35. The second-order valence-electron chi connectivity index (χ2n) is 8.19. The van der Waals surface area contributed by atoms with Crippen LogP contribution in [0.2, 0.25) is 0 Å². The molecule has 10 heteroatoms. The van der Waals surface area contributed by atoms with Crippen molar-refractivity contribution in [3.8, 4) is 17.1 Å². The second kappa shape index (κ2) is 9.84. The minimum atomic E-state index is 0.259. The highest BCUT2D eigenvalue weighted by Gasteiger charge is 2.36. The summed E-state index contributed by atoms with van der Waals surface area (Å²) in [6.45, 7) is 2.26. The van der Waals surface area contributed by atoms with E-state index in [0.29, 0.717) is 47.2 Å². The smallest absolute Gasteiger partial charge is 0.297 e. The Morgan fingerprint density at radius 3 is 2.81 bits per heavy atom. The molecular formula is C26H23N6O3S+. The maximum absolute atomic E-state index is 11.7. The number of carbonyl (C=O) groups is 1. The van der Waals surface area contributed by atoms with E-state index < -0.39 is 0 Å². The Hall–Kier alpha value is -4.15. The van der Waals surface area contributed by atoms with Crippen molar-refractivity contribution in [3.63, 3.8) is 0 Å². The third-order valence-corrected chi connectivity index (χ3v) is 6.38. The van der Waals surface area contributed by atoms with Gasteiger partial charge in [-0.05, 0) is 36.2 Å². The van der Waals surface area contributed by atoms with Gasteiger partial charge in [0, 0.05) is 37.0 Å². The van der Waals surface area contributed by atoms with Crippen LogP contribution >= 0.6 is 12.0 Å². The molecule has 5 rings (SSSR count). The van der Waals surface area contributed by atoms with Crippen LogP contribution in [-0.4, -0.2) is 43.9 Å². The Kier molecular flexibility index (Phi) is 6.45. The molecule has 0 amide bonds. The fourth-order valence-electron chi connectivity index (χ4n) is 4.17. The minimum Gasteiger partial charge on any atom is -0.495 e. The Labute approximate surface area is 212 Å². The van der Waals surface area contributed by atoms with Gasteiger partial charge in [0.1, 0.15) is 18.1 Å². The summed E-state index contributed by atoms with van der Waals surface area (Å²) in [7, 11) is 3.50. The molecule has 3 heterocycles. The van der Waals surface area contributed by atoms with Crippen LogP contribution in [-0.2, 0) is 18.4 Å². The molecule has 1 N–H and O–H groups in total. The normalized spacial score (nSPS) is 16.0. The lowest BCUT2D eigenvalue weighted by atomic mass is 10.0. The Balaban J connectivity index is 1.47. The average molecular weight is 500 g/mol. The van der Waals surface area contributed by atoms with E-state index in [4.69, 9.17) is 9.73 Å². The molecule has 2 aliphatic rings. The molecular weight excluding hydrogens is 476 g/mol. The summed E-state index contributed by atoms with van der Waals surface area (Å²) >= 11 is 0.607. The molecule has 0 radical (unpaired) electrons. The standard InChI is InChI=1S/C26H22N6O3S/c1-16-24(18-7-8-21(35-3)22(12-18)36-34)26-29-20(15-33)13-23(32(26)30-16)28-14-17-5-4-6-19(11-17)25-27-9-10-31(25)2/h4-13,15H,14H2,1-3H3/p+1. The average Bonchev–Trinajstić information content (AvgIpc) is 3.48. The number of nitrogens with zero attached hydrogens (tertiary/aromatic N) is 6. The lowest BCUT2D eigenvalue weighted by molar-refractivity contribution is -0.345. The zero-order chi connectivity index (χ0) is 25.2. The first-order chi connectivity index (χ1) is 17.5. The Morgan fingerprint density at radius 1 is 1.22 bits per heavy atom. The SMILES string of the molecule is COc1ccc(C2=C(C)N=[N+]3C(=NCc4cccc(-c5nccn5C)c4)C=C(C=O)N=C23)cc1SO. The van der Waals surface area contributed by atoms with Crippen LogP contribution in [0, 0.1) is 0 Å². The topological polar surface area (TPSA) is 104 Å². The number of hydrogen-bond acceptors (Lipinski definition) is 8. The largest absolute Gasteiger partial charge is 0.495 e. The van der Waals surface area contributed by atoms with Crippen LogP contribution in [0.1, 0.15) is 18.1 Å². The fraction of sp³-hybridized carbons (Fsp3) is 0.154. The van der Waals surface area contributed by atoms with Crippen molar-refractivity contribution in [1.29, 1.82) is 0 Å². The summed E-state index contributed by atoms with van der Waals surface area (Å²) in [5.41, 5.74) is 4.52. The van der Waals surface area contributed by atoms with Gasteiger partial charge in [0.25, 0.3) is 11.7 Å². The summed E-state index contributed by atoms with van der Waals surface area (Å²) in [5.74, 6) is 2.46. The first-order valence-electron chi connectivity index (χ1n) is 11.1. The first kappa shape index (κ1) is 23.6. The highest BCUT2D eigenvalue weighted by molar-refractivity contribution is 7.93. The van der Waals surface area contributed by atoms with Crippen LogP contribution in [0.5, 0.6) is 5.75 Å². The molecule has 0 unspecified atom stereocenters. The van der Waals surface area contributed by atoms with Gasteiger partial charge in [0.15, 0.2) is 12.0 Å². The lowest BCUT2D eigenvalue weighted by Crippen LogP contribution is -2.27.